The van der Waals surface area contributed by atoms with Crippen LogP contribution >= 0.6 is 0 Å². The van der Waals surface area contributed by atoms with E-state index in [9.17, 15) is 45.6 Å². The van der Waals surface area contributed by atoms with Gasteiger partial charge in [-0.05, 0) is 24.3 Å². The summed E-state index contributed by atoms with van der Waals surface area (Å²) < 4.78 is 28.2. The molecule has 0 spiro atoms. The van der Waals surface area contributed by atoms with Crippen LogP contribution in [-0.4, -0.2) is 110 Å². The molecule has 2 saturated heterocycles. The Bertz CT molecular complexity index is 1460. The van der Waals surface area contributed by atoms with E-state index in [1.165, 1.54) is 37.4 Å². The zero-order valence-electron chi connectivity index (χ0n) is 21.7. The molecule has 2 aliphatic heterocycles. The first-order valence-electron chi connectivity index (χ1n) is 12.6. The van der Waals surface area contributed by atoms with Gasteiger partial charge in [-0.1, -0.05) is 0 Å². The van der Waals surface area contributed by atoms with Crippen molar-refractivity contribution in [2.75, 3.05) is 26.9 Å². The minimum absolute atomic E-state index is 0.00940. The van der Waals surface area contributed by atoms with Crippen molar-refractivity contribution in [3.8, 4) is 28.6 Å². The number of phenols is 2. The van der Waals surface area contributed by atoms with Gasteiger partial charge in [-0.3, -0.25) is 4.79 Å². The highest BCUT2D eigenvalue weighted by Crippen LogP contribution is 2.46. The van der Waals surface area contributed by atoms with Crippen LogP contribution in [0.1, 0.15) is 11.7 Å². The SMILES string of the molecule is COc1cc2oc(-c3ccc(O)cc3)cc(=O)c2c(O)c1[C@@H]1O[C@H](CO)[C@@H](O)[C@H](O)[C@H]1O[C@@H]1OC[C@](O)(CO)[C@H]1O. The number of aliphatic hydroxyl groups excluding tert-OH is 5. The van der Waals surface area contributed by atoms with Crippen molar-refractivity contribution < 1.29 is 64.2 Å². The molecule has 1 aromatic heterocycles. The minimum Gasteiger partial charge on any atom is -0.508 e. The van der Waals surface area contributed by atoms with Gasteiger partial charge in [0, 0.05) is 17.7 Å². The second-order valence-corrected chi connectivity index (χ2v) is 9.98. The van der Waals surface area contributed by atoms with Crippen LogP contribution in [0.5, 0.6) is 17.2 Å². The molecular formula is C27H30O14. The first-order chi connectivity index (χ1) is 19.5. The molecule has 8 atom stereocenters. The Morgan fingerprint density at radius 1 is 1.05 bits per heavy atom. The normalized spacial score (nSPS) is 31.9. The molecule has 2 aliphatic rings. The molecular weight excluding hydrogens is 548 g/mol. The average Bonchev–Trinajstić information content (AvgIpc) is 3.25. The Kier molecular flexibility index (Phi) is 7.95. The van der Waals surface area contributed by atoms with E-state index in [-0.39, 0.29) is 33.8 Å². The van der Waals surface area contributed by atoms with E-state index in [0.717, 1.165) is 6.07 Å². The molecule has 0 saturated carbocycles. The largest absolute Gasteiger partial charge is 0.508 e. The van der Waals surface area contributed by atoms with E-state index in [1.54, 1.807) is 0 Å². The Labute approximate surface area is 231 Å². The number of phenolic OH excluding ortho intramolecular Hbond substituents is 2. The summed E-state index contributed by atoms with van der Waals surface area (Å²) in [5.41, 5.74) is -2.54. The van der Waals surface area contributed by atoms with E-state index >= 15 is 0 Å². The highest BCUT2D eigenvalue weighted by Gasteiger charge is 2.53. The van der Waals surface area contributed by atoms with Crippen LogP contribution in [0.4, 0.5) is 0 Å². The number of rotatable bonds is 7. The quantitative estimate of drug-likeness (QED) is 0.166. The summed E-state index contributed by atoms with van der Waals surface area (Å²) in [4.78, 5) is 13.2. The summed E-state index contributed by atoms with van der Waals surface area (Å²) in [5, 5.41) is 82.3. The van der Waals surface area contributed by atoms with E-state index in [1.807, 2.05) is 0 Å². The number of hydrogen-bond acceptors (Lipinski definition) is 14. The van der Waals surface area contributed by atoms with Crippen LogP contribution in [0, 0.1) is 0 Å². The van der Waals surface area contributed by atoms with Gasteiger partial charge in [0.25, 0.3) is 0 Å². The first kappa shape index (κ1) is 29.2. The molecule has 2 fully saturated rings. The van der Waals surface area contributed by atoms with Gasteiger partial charge in [0.1, 0.15) is 76.2 Å². The van der Waals surface area contributed by atoms with E-state index < -0.39 is 79.5 Å². The van der Waals surface area contributed by atoms with Crippen molar-refractivity contribution in [2.45, 2.75) is 48.5 Å². The fourth-order valence-corrected chi connectivity index (χ4v) is 5.05. The standard InChI is InChI=1S/C27H30O14/c1-37-15-7-16-18(13(31)6-14(39-16)11-2-4-12(30)5-3-11)21(33)19(15)23-24(22(34)20(32)17(8-28)40-23)41-26-25(35)27(36,9-29)10-38-26/h2-7,17,20,22-26,28-30,32-36H,8-10H2,1H3/t17-,20-,22+,23+,24-,25+,26+,27-/m1/s1. The highest BCUT2D eigenvalue weighted by atomic mass is 16.7. The highest BCUT2D eigenvalue weighted by molar-refractivity contribution is 5.88. The molecule has 3 heterocycles. The van der Waals surface area contributed by atoms with Crippen molar-refractivity contribution in [3.63, 3.8) is 0 Å². The first-order valence-corrected chi connectivity index (χ1v) is 12.6. The van der Waals surface area contributed by atoms with Crippen LogP contribution in [0.15, 0.2) is 45.6 Å². The molecule has 0 bridgehead atoms. The van der Waals surface area contributed by atoms with Gasteiger partial charge < -0.3 is 64.2 Å². The maximum atomic E-state index is 13.2. The van der Waals surface area contributed by atoms with Crippen molar-refractivity contribution in [2.24, 2.45) is 0 Å². The Hall–Kier alpha value is -3.31. The third-order valence-corrected chi connectivity index (χ3v) is 7.39. The smallest absolute Gasteiger partial charge is 0.197 e. The van der Waals surface area contributed by atoms with Gasteiger partial charge in [0.05, 0.1) is 32.5 Å². The predicted molar refractivity (Wildman–Crippen MR) is 137 cm³/mol. The summed E-state index contributed by atoms with van der Waals surface area (Å²) in [5.74, 6) is -0.603. The third kappa shape index (κ3) is 5.03. The monoisotopic (exact) mass is 578 g/mol. The molecule has 222 valence electrons. The van der Waals surface area contributed by atoms with Crippen LogP contribution in [0.3, 0.4) is 0 Å². The molecule has 3 aromatic rings. The number of aliphatic hydroxyl groups is 6. The van der Waals surface area contributed by atoms with E-state index in [2.05, 4.69) is 0 Å². The second kappa shape index (κ2) is 11.2. The van der Waals surface area contributed by atoms with Gasteiger partial charge in [0.2, 0.25) is 0 Å². The molecule has 0 amide bonds. The predicted octanol–water partition coefficient (Wildman–Crippen LogP) is -1.14. The minimum atomic E-state index is -2.07. The van der Waals surface area contributed by atoms with Crippen LogP contribution in [0.2, 0.25) is 0 Å². The zero-order valence-corrected chi connectivity index (χ0v) is 21.7. The van der Waals surface area contributed by atoms with Crippen LogP contribution < -0.4 is 10.2 Å². The van der Waals surface area contributed by atoms with Gasteiger partial charge in [0.15, 0.2) is 11.7 Å². The van der Waals surface area contributed by atoms with Crippen molar-refractivity contribution in [3.05, 3.63) is 52.2 Å². The lowest BCUT2D eigenvalue weighted by Gasteiger charge is -2.43. The zero-order chi connectivity index (χ0) is 29.6. The maximum Gasteiger partial charge on any atom is 0.197 e. The molecule has 2 aromatic carbocycles. The van der Waals surface area contributed by atoms with Crippen molar-refractivity contribution >= 4 is 11.0 Å². The lowest BCUT2D eigenvalue weighted by molar-refractivity contribution is -0.287. The summed E-state index contributed by atoms with van der Waals surface area (Å²) in [7, 11) is 1.25. The number of ether oxygens (including phenoxy) is 4. The van der Waals surface area contributed by atoms with Crippen LogP contribution in [0.25, 0.3) is 22.3 Å². The van der Waals surface area contributed by atoms with E-state index in [0.29, 0.717) is 5.56 Å². The fraction of sp³-hybridized carbons (Fsp3) is 0.444. The molecule has 14 nitrogen and oxygen atoms in total. The third-order valence-electron chi connectivity index (χ3n) is 7.39. The lowest BCUT2D eigenvalue weighted by atomic mass is 9.89. The number of fused-ring (bicyclic) bond motifs is 1. The van der Waals surface area contributed by atoms with E-state index in [4.69, 9.17) is 23.4 Å². The average molecular weight is 579 g/mol. The number of benzene rings is 2. The van der Waals surface area contributed by atoms with Crippen molar-refractivity contribution in [1.29, 1.82) is 0 Å². The topological polar surface area (TPSA) is 229 Å². The summed E-state index contributed by atoms with van der Waals surface area (Å²) in [6.45, 7) is -2.12. The second-order valence-electron chi connectivity index (χ2n) is 9.98. The molecule has 14 heteroatoms. The molecule has 0 radical (unpaired) electrons. The van der Waals surface area contributed by atoms with Gasteiger partial charge in [-0.2, -0.15) is 0 Å². The Morgan fingerprint density at radius 3 is 2.37 bits per heavy atom. The lowest BCUT2D eigenvalue weighted by Crippen LogP contribution is -2.58. The van der Waals surface area contributed by atoms with Gasteiger partial charge >= 0.3 is 0 Å². The fourth-order valence-electron chi connectivity index (χ4n) is 5.05. The van der Waals surface area contributed by atoms with Crippen LogP contribution in [-0.2, 0) is 14.2 Å². The maximum absolute atomic E-state index is 13.2. The molecule has 41 heavy (non-hydrogen) atoms. The molecule has 8 N–H and O–H groups in total. The summed E-state index contributed by atoms with van der Waals surface area (Å²) >= 11 is 0. The molecule has 0 unspecified atom stereocenters. The summed E-state index contributed by atoms with van der Waals surface area (Å²) in [6, 6.07) is 8.31. The molecule has 5 rings (SSSR count). The molecule has 0 aliphatic carbocycles. The number of aromatic hydroxyl groups is 2. The Balaban J connectivity index is 1.61. The number of hydrogen-bond donors (Lipinski definition) is 8. The van der Waals surface area contributed by atoms with Gasteiger partial charge in [-0.15, -0.1) is 0 Å². The number of methoxy groups -OCH3 is 1. The van der Waals surface area contributed by atoms with Gasteiger partial charge in [-0.25, -0.2) is 0 Å². The summed E-state index contributed by atoms with van der Waals surface area (Å²) in [6.07, 6.45) is -11.4. The Morgan fingerprint density at radius 2 is 1.76 bits per heavy atom. The van der Waals surface area contributed by atoms with Crippen molar-refractivity contribution in [1.82, 2.24) is 0 Å².